The maximum absolute atomic E-state index is 13.2. The van der Waals surface area contributed by atoms with Crippen LogP contribution in [0.2, 0.25) is 0 Å². The minimum absolute atomic E-state index is 0.157. The monoisotopic (exact) mass is 181 g/mol. The van der Waals surface area contributed by atoms with Crippen LogP contribution in [0.25, 0.3) is 0 Å². The third-order valence-electron chi connectivity index (χ3n) is 2.15. The zero-order valence-electron chi connectivity index (χ0n) is 7.46. The Morgan fingerprint density at radius 3 is 2.85 bits per heavy atom. The van der Waals surface area contributed by atoms with E-state index < -0.39 is 0 Å². The van der Waals surface area contributed by atoms with Crippen LogP contribution in [0.5, 0.6) is 0 Å². The molecular weight excluding hydrogens is 169 g/mol. The standard InChI is InChI=1S/C10H12FNO/c1-7-6-12-10(13-7)8-4-2-3-5-9(8)11/h2-5,7,10,12H,6H2,1H3. The van der Waals surface area contributed by atoms with Gasteiger partial charge in [0, 0.05) is 12.1 Å². The Labute approximate surface area is 76.7 Å². The van der Waals surface area contributed by atoms with Crippen molar-refractivity contribution in [2.75, 3.05) is 6.54 Å². The molecule has 1 fully saturated rings. The van der Waals surface area contributed by atoms with Gasteiger partial charge in [-0.05, 0) is 13.0 Å². The molecule has 0 spiro atoms. The topological polar surface area (TPSA) is 21.3 Å². The Balaban J connectivity index is 2.21. The molecule has 1 N–H and O–H groups in total. The predicted molar refractivity (Wildman–Crippen MR) is 47.7 cm³/mol. The second-order valence-electron chi connectivity index (χ2n) is 3.26. The average molecular weight is 181 g/mol. The number of benzene rings is 1. The normalized spacial score (nSPS) is 27.8. The van der Waals surface area contributed by atoms with Gasteiger partial charge >= 0.3 is 0 Å². The Morgan fingerprint density at radius 1 is 1.46 bits per heavy atom. The molecule has 0 amide bonds. The molecule has 2 unspecified atom stereocenters. The number of halogens is 1. The molecule has 0 saturated carbocycles. The van der Waals surface area contributed by atoms with Crippen molar-refractivity contribution in [1.82, 2.24) is 5.32 Å². The van der Waals surface area contributed by atoms with Gasteiger partial charge in [0.1, 0.15) is 12.0 Å². The van der Waals surface area contributed by atoms with Crippen molar-refractivity contribution in [2.45, 2.75) is 19.3 Å². The first-order valence-electron chi connectivity index (χ1n) is 4.40. The summed E-state index contributed by atoms with van der Waals surface area (Å²) in [7, 11) is 0. The van der Waals surface area contributed by atoms with Crippen LogP contribution in [0.4, 0.5) is 4.39 Å². The van der Waals surface area contributed by atoms with Crippen molar-refractivity contribution in [3.63, 3.8) is 0 Å². The van der Waals surface area contributed by atoms with Crippen molar-refractivity contribution in [3.05, 3.63) is 35.6 Å². The summed E-state index contributed by atoms with van der Waals surface area (Å²) in [5.74, 6) is -0.214. The molecule has 2 rings (SSSR count). The summed E-state index contributed by atoms with van der Waals surface area (Å²) in [6.45, 7) is 2.74. The van der Waals surface area contributed by atoms with Gasteiger partial charge in [0.15, 0.2) is 0 Å². The lowest BCUT2D eigenvalue weighted by molar-refractivity contribution is 0.0488. The van der Waals surface area contributed by atoms with E-state index in [1.807, 2.05) is 13.0 Å². The summed E-state index contributed by atoms with van der Waals surface area (Å²) in [4.78, 5) is 0. The van der Waals surface area contributed by atoms with Gasteiger partial charge < -0.3 is 4.74 Å². The SMILES string of the molecule is CC1CNC(c2ccccc2F)O1. The number of hydrogen-bond donors (Lipinski definition) is 1. The summed E-state index contributed by atoms with van der Waals surface area (Å²) in [5, 5.41) is 3.10. The molecule has 0 radical (unpaired) electrons. The Kier molecular flexibility index (Phi) is 2.29. The van der Waals surface area contributed by atoms with Crippen LogP contribution in [0.15, 0.2) is 24.3 Å². The van der Waals surface area contributed by atoms with Crippen molar-refractivity contribution in [1.29, 1.82) is 0 Å². The van der Waals surface area contributed by atoms with Crippen LogP contribution < -0.4 is 5.32 Å². The summed E-state index contributed by atoms with van der Waals surface area (Å²) in [6, 6.07) is 6.68. The highest BCUT2D eigenvalue weighted by Gasteiger charge is 2.24. The summed E-state index contributed by atoms with van der Waals surface area (Å²) in [6.07, 6.45) is -0.124. The van der Waals surface area contributed by atoms with Crippen molar-refractivity contribution in [2.24, 2.45) is 0 Å². The van der Waals surface area contributed by atoms with Gasteiger partial charge in [-0.2, -0.15) is 0 Å². The van der Waals surface area contributed by atoms with E-state index in [0.717, 1.165) is 6.54 Å². The molecule has 1 aromatic rings. The Hall–Kier alpha value is -0.930. The fraction of sp³-hybridized carbons (Fsp3) is 0.400. The molecule has 1 aromatic carbocycles. The first kappa shape index (κ1) is 8.66. The molecule has 0 aliphatic carbocycles. The van der Waals surface area contributed by atoms with E-state index in [4.69, 9.17) is 4.74 Å². The van der Waals surface area contributed by atoms with Crippen molar-refractivity contribution < 1.29 is 9.13 Å². The maximum Gasteiger partial charge on any atom is 0.137 e. The van der Waals surface area contributed by atoms with Gasteiger partial charge in [-0.15, -0.1) is 0 Å². The van der Waals surface area contributed by atoms with Crippen molar-refractivity contribution in [3.8, 4) is 0 Å². The number of rotatable bonds is 1. The maximum atomic E-state index is 13.2. The zero-order chi connectivity index (χ0) is 9.26. The van der Waals surface area contributed by atoms with Gasteiger partial charge in [-0.3, -0.25) is 5.32 Å². The zero-order valence-corrected chi connectivity index (χ0v) is 7.46. The van der Waals surface area contributed by atoms with Gasteiger partial charge in [-0.25, -0.2) is 4.39 Å². The van der Waals surface area contributed by atoms with E-state index in [2.05, 4.69) is 5.32 Å². The summed E-state index contributed by atoms with van der Waals surface area (Å²) >= 11 is 0. The fourth-order valence-electron chi connectivity index (χ4n) is 1.47. The van der Waals surface area contributed by atoms with E-state index in [9.17, 15) is 4.39 Å². The lowest BCUT2D eigenvalue weighted by Crippen LogP contribution is -2.15. The Bertz CT molecular complexity index is 303. The smallest absolute Gasteiger partial charge is 0.137 e. The summed E-state index contributed by atoms with van der Waals surface area (Å²) < 4.78 is 18.7. The number of ether oxygens (including phenoxy) is 1. The average Bonchev–Trinajstić information content (AvgIpc) is 2.53. The highest BCUT2D eigenvalue weighted by molar-refractivity contribution is 5.20. The highest BCUT2D eigenvalue weighted by atomic mass is 19.1. The molecule has 0 bridgehead atoms. The summed E-state index contributed by atoms with van der Waals surface area (Å²) in [5.41, 5.74) is 0.590. The second kappa shape index (κ2) is 3.44. The largest absolute Gasteiger partial charge is 0.355 e. The fourth-order valence-corrected chi connectivity index (χ4v) is 1.47. The van der Waals surface area contributed by atoms with Crippen LogP contribution >= 0.6 is 0 Å². The van der Waals surface area contributed by atoms with Gasteiger partial charge in [-0.1, -0.05) is 18.2 Å². The minimum atomic E-state index is -0.281. The number of nitrogens with one attached hydrogen (secondary N) is 1. The highest BCUT2D eigenvalue weighted by Crippen LogP contribution is 2.22. The molecule has 13 heavy (non-hydrogen) atoms. The first-order valence-corrected chi connectivity index (χ1v) is 4.40. The molecular formula is C10H12FNO. The molecule has 2 atom stereocenters. The quantitative estimate of drug-likeness (QED) is 0.713. The molecule has 0 aromatic heterocycles. The minimum Gasteiger partial charge on any atom is -0.355 e. The lowest BCUT2D eigenvalue weighted by atomic mass is 10.2. The van der Waals surface area contributed by atoms with Crippen LogP contribution in [0.3, 0.4) is 0 Å². The Morgan fingerprint density at radius 2 is 2.23 bits per heavy atom. The predicted octanol–water partition coefficient (Wildman–Crippen LogP) is 1.83. The lowest BCUT2D eigenvalue weighted by Gasteiger charge is -2.11. The van der Waals surface area contributed by atoms with Crippen LogP contribution in [0, 0.1) is 5.82 Å². The third-order valence-corrected chi connectivity index (χ3v) is 2.15. The van der Waals surface area contributed by atoms with Crippen molar-refractivity contribution >= 4 is 0 Å². The molecule has 1 aliphatic heterocycles. The first-order chi connectivity index (χ1) is 6.27. The molecule has 2 nitrogen and oxygen atoms in total. The number of hydrogen-bond acceptors (Lipinski definition) is 2. The molecule has 3 heteroatoms. The van der Waals surface area contributed by atoms with Gasteiger partial charge in [0.05, 0.1) is 6.10 Å². The third kappa shape index (κ3) is 1.71. The van der Waals surface area contributed by atoms with Crippen LogP contribution in [-0.4, -0.2) is 12.6 Å². The van der Waals surface area contributed by atoms with E-state index in [1.54, 1.807) is 12.1 Å². The molecule has 70 valence electrons. The van der Waals surface area contributed by atoms with Crippen LogP contribution in [0.1, 0.15) is 18.7 Å². The van der Waals surface area contributed by atoms with Gasteiger partial charge in [0.25, 0.3) is 0 Å². The van der Waals surface area contributed by atoms with E-state index in [1.165, 1.54) is 6.07 Å². The second-order valence-corrected chi connectivity index (χ2v) is 3.26. The molecule has 1 saturated heterocycles. The molecule has 1 aliphatic rings. The van der Waals surface area contributed by atoms with E-state index in [-0.39, 0.29) is 18.1 Å². The van der Waals surface area contributed by atoms with E-state index in [0.29, 0.717) is 5.56 Å². The van der Waals surface area contributed by atoms with Crippen LogP contribution in [-0.2, 0) is 4.74 Å². The van der Waals surface area contributed by atoms with Gasteiger partial charge in [0.2, 0.25) is 0 Å². The van der Waals surface area contributed by atoms with E-state index >= 15 is 0 Å². The molecule has 1 heterocycles.